The normalized spacial score (nSPS) is 16.2. The van der Waals surface area contributed by atoms with Crippen LogP contribution in [-0.2, 0) is 19.1 Å². The van der Waals surface area contributed by atoms with Gasteiger partial charge >= 0.3 is 11.9 Å². The number of carbonyl (C=O) groups excluding carboxylic acids is 2. The number of anilines is 1. The van der Waals surface area contributed by atoms with Crippen molar-refractivity contribution >= 4 is 17.6 Å². The third-order valence-corrected chi connectivity index (χ3v) is 3.92. The summed E-state index contributed by atoms with van der Waals surface area (Å²) in [5.41, 5.74) is 1.59. The summed E-state index contributed by atoms with van der Waals surface area (Å²) in [6.45, 7) is 1.91. The Morgan fingerprint density at radius 1 is 1.12 bits per heavy atom. The van der Waals surface area contributed by atoms with E-state index in [4.69, 9.17) is 14.2 Å². The maximum Gasteiger partial charge on any atom is 0.356 e. The molecule has 1 atom stereocenters. The van der Waals surface area contributed by atoms with E-state index < -0.39 is 18.0 Å². The average Bonchev–Trinajstić information content (AvgIpc) is 2.99. The number of para-hydroxylation sites is 1. The lowest BCUT2D eigenvalue weighted by atomic mass is 10.0. The molecule has 0 aromatic heterocycles. The van der Waals surface area contributed by atoms with Crippen molar-refractivity contribution in [2.75, 3.05) is 19.0 Å². The van der Waals surface area contributed by atoms with Gasteiger partial charge in [-0.25, -0.2) is 9.59 Å². The molecule has 2 aromatic carbocycles. The maximum absolute atomic E-state index is 12.5. The Bertz CT molecular complexity index is 827. The van der Waals surface area contributed by atoms with E-state index in [1.165, 1.54) is 0 Å². The minimum absolute atomic E-state index is 0.0930. The van der Waals surface area contributed by atoms with Crippen LogP contribution in [-0.4, -0.2) is 25.7 Å². The molecule has 6 heteroatoms. The molecule has 3 rings (SSSR count). The lowest BCUT2D eigenvalue weighted by molar-refractivity contribution is -0.142. The summed E-state index contributed by atoms with van der Waals surface area (Å²) in [6.07, 6.45) is -0.835. The molecule has 6 nitrogen and oxygen atoms in total. The zero-order valence-corrected chi connectivity index (χ0v) is 14.5. The van der Waals surface area contributed by atoms with Gasteiger partial charge in [-0.1, -0.05) is 30.3 Å². The molecule has 134 valence electrons. The first-order valence-corrected chi connectivity index (χ1v) is 8.22. The second-order valence-corrected chi connectivity index (χ2v) is 5.56. The monoisotopic (exact) mass is 353 g/mol. The summed E-state index contributed by atoms with van der Waals surface area (Å²) in [5, 5.41) is 2.98. The number of rotatable bonds is 6. The zero-order valence-electron chi connectivity index (χ0n) is 14.5. The molecule has 0 spiro atoms. The van der Waals surface area contributed by atoms with Crippen LogP contribution in [0.15, 0.2) is 65.9 Å². The van der Waals surface area contributed by atoms with E-state index >= 15 is 0 Å². The molecule has 1 N–H and O–H groups in total. The number of esters is 2. The van der Waals surface area contributed by atoms with Crippen molar-refractivity contribution in [1.29, 1.82) is 0 Å². The van der Waals surface area contributed by atoms with E-state index in [9.17, 15) is 9.59 Å². The number of methoxy groups -OCH3 is 1. The number of ether oxygens (including phenoxy) is 3. The minimum Gasteiger partial charge on any atom is -0.497 e. The first-order chi connectivity index (χ1) is 12.6. The van der Waals surface area contributed by atoms with Crippen LogP contribution in [0.4, 0.5) is 5.69 Å². The lowest BCUT2D eigenvalue weighted by Crippen LogP contribution is -2.16. The number of cyclic esters (lactones) is 1. The molecule has 2 aromatic rings. The fourth-order valence-corrected chi connectivity index (χ4v) is 2.68. The highest BCUT2D eigenvalue weighted by molar-refractivity contribution is 6.06. The second-order valence-electron chi connectivity index (χ2n) is 5.56. The summed E-state index contributed by atoms with van der Waals surface area (Å²) in [4.78, 5) is 25.0. The lowest BCUT2D eigenvalue weighted by Gasteiger charge is -2.14. The molecule has 1 unspecified atom stereocenters. The molecule has 0 bridgehead atoms. The number of carbonyl (C=O) groups is 2. The van der Waals surface area contributed by atoms with Gasteiger partial charge in [-0.05, 0) is 36.8 Å². The molecule has 1 aliphatic rings. The fraction of sp³-hybridized carbons (Fsp3) is 0.200. The number of hydrogen-bond donors (Lipinski definition) is 1. The van der Waals surface area contributed by atoms with Crippen molar-refractivity contribution in [2.45, 2.75) is 13.0 Å². The number of nitrogens with one attached hydrogen (secondary N) is 1. The van der Waals surface area contributed by atoms with Crippen molar-refractivity contribution in [3.63, 3.8) is 0 Å². The van der Waals surface area contributed by atoms with Gasteiger partial charge in [-0.2, -0.15) is 0 Å². The van der Waals surface area contributed by atoms with Crippen molar-refractivity contribution in [2.24, 2.45) is 0 Å². The first-order valence-electron chi connectivity index (χ1n) is 8.22. The third-order valence-electron chi connectivity index (χ3n) is 3.92. The Morgan fingerprint density at radius 3 is 2.42 bits per heavy atom. The predicted molar refractivity (Wildman–Crippen MR) is 95.6 cm³/mol. The van der Waals surface area contributed by atoms with Gasteiger partial charge in [-0.3, -0.25) is 0 Å². The minimum atomic E-state index is -0.835. The van der Waals surface area contributed by atoms with E-state index in [0.29, 0.717) is 17.0 Å². The molecule has 1 heterocycles. The van der Waals surface area contributed by atoms with Crippen LogP contribution in [0.5, 0.6) is 5.75 Å². The van der Waals surface area contributed by atoms with Gasteiger partial charge in [0.15, 0.2) is 6.10 Å². The molecule has 0 aliphatic carbocycles. The van der Waals surface area contributed by atoms with Crippen molar-refractivity contribution < 1.29 is 23.8 Å². The van der Waals surface area contributed by atoms with Gasteiger partial charge in [-0.15, -0.1) is 0 Å². The van der Waals surface area contributed by atoms with E-state index in [1.807, 2.05) is 18.2 Å². The maximum atomic E-state index is 12.5. The number of benzene rings is 2. The van der Waals surface area contributed by atoms with Crippen LogP contribution in [0.25, 0.3) is 0 Å². The Kier molecular flexibility index (Phi) is 5.22. The number of hydrogen-bond acceptors (Lipinski definition) is 6. The van der Waals surface area contributed by atoms with E-state index in [2.05, 4.69) is 5.32 Å². The summed E-state index contributed by atoms with van der Waals surface area (Å²) < 4.78 is 15.8. The molecule has 0 saturated heterocycles. The van der Waals surface area contributed by atoms with Gasteiger partial charge in [0.05, 0.1) is 13.7 Å². The van der Waals surface area contributed by atoms with Gasteiger partial charge in [0.1, 0.15) is 17.0 Å². The molecular formula is C20H19NO5. The summed E-state index contributed by atoms with van der Waals surface area (Å²) >= 11 is 0. The van der Waals surface area contributed by atoms with E-state index in [1.54, 1.807) is 50.4 Å². The van der Waals surface area contributed by atoms with Crippen LogP contribution >= 0.6 is 0 Å². The standard InChI is InChI=1S/C20H19NO5/c1-3-25-19(22)16-17(21-14-7-5-4-6-8-14)20(23)26-18(16)13-9-11-15(24-2)12-10-13/h4-12,18,21H,3H2,1-2H3. The second kappa shape index (κ2) is 7.74. The molecule has 0 amide bonds. The highest BCUT2D eigenvalue weighted by Crippen LogP contribution is 2.37. The van der Waals surface area contributed by atoms with Gasteiger partial charge in [0, 0.05) is 5.69 Å². The van der Waals surface area contributed by atoms with Crippen LogP contribution in [0.3, 0.4) is 0 Å². The highest BCUT2D eigenvalue weighted by Gasteiger charge is 2.40. The van der Waals surface area contributed by atoms with Crippen LogP contribution in [0.1, 0.15) is 18.6 Å². The summed E-state index contributed by atoms with van der Waals surface area (Å²) in [7, 11) is 1.57. The van der Waals surface area contributed by atoms with Crippen molar-refractivity contribution in [3.05, 3.63) is 71.4 Å². The van der Waals surface area contributed by atoms with Crippen LogP contribution in [0.2, 0.25) is 0 Å². The van der Waals surface area contributed by atoms with Gasteiger partial charge < -0.3 is 19.5 Å². The largest absolute Gasteiger partial charge is 0.497 e. The van der Waals surface area contributed by atoms with Crippen LogP contribution in [0, 0.1) is 0 Å². The molecule has 0 radical (unpaired) electrons. The van der Waals surface area contributed by atoms with Gasteiger partial charge in [0.25, 0.3) is 0 Å². The molecule has 26 heavy (non-hydrogen) atoms. The first kappa shape index (κ1) is 17.5. The predicted octanol–water partition coefficient (Wildman–Crippen LogP) is 3.22. The Labute approximate surface area is 151 Å². The Balaban J connectivity index is 2.00. The molecular weight excluding hydrogens is 334 g/mol. The third kappa shape index (κ3) is 3.54. The quantitative estimate of drug-likeness (QED) is 0.804. The Hall–Kier alpha value is -3.28. The smallest absolute Gasteiger partial charge is 0.356 e. The topological polar surface area (TPSA) is 73.9 Å². The van der Waals surface area contributed by atoms with Gasteiger partial charge in [0.2, 0.25) is 0 Å². The zero-order chi connectivity index (χ0) is 18.5. The molecule has 0 fully saturated rings. The average molecular weight is 353 g/mol. The van der Waals surface area contributed by atoms with Crippen LogP contribution < -0.4 is 10.1 Å². The Morgan fingerprint density at radius 2 is 1.81 bits per heavy atom. The van der Waals surface area contributed by atoms with Crippen molar-refractivity contribution in [1.82, 2.24) is 0 Å². The molecule has 0 saturated carbocycles. The van der Waals surface area contributed by atoms with E-state index in [0.717, 1.165) is 0 Å². The fourth-order valence-electron chi connectivity index (χ4n) is 2.68. The highest BCUT2D eigenvalue weighted by atomic mass is 16.6. The van der Waals surface area contributed by atoms with E-state index in [-0.39, 0.29) is 17.9 Å². The summed E-state index contributed by atoms with van der Waals surface area (Å²) in [6, 6.07) is 16.1. The van der Waals surface area contributed by atoms with Crippen molar-refractivity contribution in [3.8, 4) is 5.75 Å². The molecule has 1 aliphatic heterocycles. The summed E-state index contributed by atoms with van der Waals surface area (Å²) in [5.74, 6) is -0.516. The SMILES string of the molecule is CCOC(=O)C1=C(Nc2ccccc2)C(=O)OC1c1ccc(OC)cc1.